The van der Waals surface area contributed by atoms with Crippen molar-refractivity contribution in [1.29, 1.82) is 5.26 Å². The minimum Gasteiger partial charge on any atom is -0.495 e. The van der Waals surface area contributed by atoms with E-state index in [1.165, 1.54) is 0 Å². The molecule has 0 unspecified atom stereocenters. The maximum atomic E-state index is 12.9. The van der Waals surface area contributed by atoms with Gasteiger partial charge < -0.3 is 14.5 Å². The van der Waals surface area contributed by atoms with Crippen molar-refractivity contribution >= 4 is 11.6 Å². The van der Waals surface area contributed by atoms with Crippen LogP contribution < -0.4 is 9.64 Å². The number of benzene rings is 2. The van der Waals surface area contributed by atoms with Gasteiger partial charge in [-0.05, 0) is 30.3 Å². The molecular weight excluding hydrogens is 366 g/mol. The van der Waals surface area contributed by atoms with Crippen LogP contribution in [0.1, 0.15) is 16.1 Å². The van der Waals surface area contributed by atoms with E-state index in [0.717, 1.165) is 30.1 Å². The zero-order valence-corrected chi connectivity index (χ0v) is 16.1. The van der Waals surface area contributed by atoms with Crippen LogP contribution in [-0.2, 0) is 0 Å². The monoisotopic (exact) mass is 387 g/mol. The molecule has 2 aromatic carbocycles. The van der Waals surface area contributed by atoms with Crippen molar-refractivity contribution in [2.45, 2.75) is 0 Å². The van der Waals surface area contributed by atoms with Crippen LogP contribution in [0.3, 0.4) is 0 Å². The summed E-state index contributed by atoms with van der Waals surface area (Å²) in [5, 5.41) is 16.0. The molecule has 7 nitrogen and oxygen atoms in total. The lowest BCUT2D eigenvalue weighted by Gasteiger charge is -2.36. The van der Waals surface area contributed by atoms with Crippen LogP contribution in [0.5, 0.6) is 5.75 Å². The molecule has 1 saturated heterocycles. The number of nitriles is 1. The van der Waals surface area contributed by atoms with Crippen molar-refractivity contribution in [2.24, 2.45) is 0 Å². The molecule has 29 heavy (non-hydrogen) atoms. The topological polar surface area (TPSA) is 85.2 Å². The Bertz CT molecular complexity index is 1040. The second-order valence-corrected chi connectivity index (χ2v) is 6.81. The molecule has 0 aliphatic carbocycles. The molecule has 1 amide bonds. The molecule has 1 N–H and O–H groups in total. The highest BCUT2D eigenvalue weighted by molar-refractivity contribution is 5.93. The number of nitrogens with zero attached hydrogens (tertiary/aromatic N) is 4. The van der Waals surface area contributed by atoms with E-state index < -0.39 is 0 Å². The third-order valence-electron chi connectivity index (χ3n) is 5.11. The number of nitrogens with one attached hydrogen (secondary N) is 1. The Morgan fingerprint density at radius 2 is 1.83 bits per heavy atom. The van der Waals surface area contributed by atoms with Crippen LogP contribution >= 0.6 is 0 Å². The summed E-state index contributed by atoms with van der Waals surface area (Å²) in [7, 11) is 1.67. The van der Waals surface area contributed by atoms with Gasteiger partial charge in [0.15, 0.2) is 0 Å². The maximum Gasteiger partial charge on any atom is 0.272 e. The number of hydrogen-bond donors (Lipinski definition) is 1. The molecule has 1 aliphatic rings. The molecule has 1 aromatic heterocycles. The van der Waals surface area contributed by atoms with Crippen LogP contribution in [0.25, 0.3) is 11.3 Å². The Balaban J connectivity index is 1.42. The fourth-order valence-corrected chi connectivity index (χ4v) is 3.51. The maximum absolute atomic E-state index is 12.9. The Morgan fingerprint density at radius 1 is 1.10 bits per heavy atom. The van der Waals surface area contributed by atoms with Gasteiger partial charge in [-0.25, -0.2) is 0 Å². The van der Waals surface area contributed by atoms with Gasteiger partial charge in [0.05, 0.1) is 30.1 Å². The van der Waals surface area contributed by atoms with Crippen LogP contribution in [0, 0.1) is 11.3 Å². The summed E-state index contributed by atoms with van der Waals surface area (Å²) in [5.74, 6) is 0.782. The van der Waals surface area contributed by atoms with Gasteiger partial charge in [-0.15, -0.1) is 0 Å². The van der Waals surface area contributed by atoms with Gasteiger partial charge in [-0.1, -0.05) is 24.3 Å². The van der Waals surface area contributed by atoms with E-state index >= 15 is 0 Å². The quantitative estimate of drug-likeness (QED) is 0.744. The summed E-state index contributed by atoms with van der Waals surface area (Å²) in [6.45, 7) is 2.73. The average Bonchev–Trinajstić information content (AvgIpc) is 3.29. The first-order valence-corrected chi connectivity index (χ1v) is 9.43. The Hall–Kier alpha value is -3.79. The van der Waals surface area contributed by atoms with E-state index in [2.05, 4.69) is 21.2 Å². The molecule has 2 heterocycles. The summed E-state index contributed by atoms with van der Waals surface area (Å²) in [6.07, 6.45) is 0. The molecule has 4 rings (SSSR count). The Kier molecular flexibility index (Phi) is 5.16. The molecule has 0 bridgehead atoms. The van der Waals surface area contributed by atoms with Gasteiger partial charge in [-0.3, -0.25) is 9.89 Å². The van der Waals surface area contributed by atoms with Gasteiger partial charge in [0.25, 0.3) is 5.91 Å². The summed E-state index contributed by atoms with van der Waals surface area (Å²) in [5.41, 5.74) is 3.65. The number of aromatic amines is 1. The lowest BCUT2D eigenvalue weighted by molar-refractivity contribution is 0.0740. The van der Waals surface area contributed by atoms with Crippen LogP contribution in [0.2, 0.25) is 0 Å². The lowest BCUT2D eigenvalue weighted by Crippen LogP contribution is -2.49. The van der Waals surface area contributed by atoms with Crippen molar-refractivity contribution in [1.82, 2.24) is 15.1 Å². The van der Waals surface area contributed by atoms with Crippen molar-refractivity contribution < 1.29 is 9.53 Å². The summed E-state index contributed by atoms with van der Waals surface area (Å²) >= 11 is 0. The van der Waals surface area contributed by atoms with E-state index in [-0.39, 0.29) is 5.91 Å². The highest BCUT2D eigenvalue weighted by Crippen LogP contribution is 2.28. The molecule has 3 aromatic rings. The SMILES string of the molecule is COc1ccccc1N1CCN(C(=O)c2cc(-c3ccc(C#N)cc3)n[nH]2)CC1. The molecule has 1 fully saturated rings. The van der Waals surface area contributed by atoms with Crippen LogP contribution in [0.15, 0.2) is 54.6 Å². The third-order valence-corrected chi connectivity index (χ3v) is 5.11. The van der Waals surface area contributed by atoms with Crippen molar-refractivity contribution in [3.63, 3.8) is 0 Å². The highest BCUT2D eigenvalue weighted by Gasteiger charge is 2.25. The van der Waals surface area contributed by atoms with Gasteiger partial charge >= 0.3 is 0 Å². The number of rotatable bonds is 4. The zero-order chi connectivity index (χ0) is 20.2. The number of carbonyl (C=O) groups is 1. The number of anilines is 1. The van der Waals surface area contributed by atoms with Crippen molar-refractivity contribution in [2.75, 3.05) is 38.2 Å². The number of ether oxygens (including phenoxy) is 1. The smallest absolute Gasteiger partial charge is 0.272 e. The molecule has 0 saturated carbocycles. The third kappa shape index (κ3) is 3.78. The summed E-state index contributed by atoms with van der Waals surface area (Å²) < 4.78 is 5.45. The van der Waals surface area contributed by atoms with Gasteiger partial charge in [0, 0.05) is 31.7 Å². The normalized spacial score (nSPS) is 13.8. The molecule has 146 valence electrons. The molecule has 0 radical (unpaired) electrons. The number of amides is 1. The van der Waals surface area contributed by atoms with E-state index in [9.17, 15) is 4.79 Å². The largest absolute Gasteiger partial charge is 0.495 e. The Labute approximate surface area is 169 Å². The van der Waals surface area contributed by atoms with Gasteiger partial charge in [0.2, 0.25) is 0 Å². The molecule has 0 spiro atoms. The predicted octanol–water partition coefficient (Wildman–Crippen LogP) is 2.92. The van der Waals surface area contributed by atoms with E-state index in [1.807, 2.05) is 41.3 Å². The second kappa shape index (κ2) is 8.07. The molecular formula is C22H21N5O2. The van der Waals surface area contributed by atoms with Crippen LogP contribution in [0.4, 0.5) is 5.69 Å². The van der Waals surface area contributed by atoms with Crippen molar-refractivity contribution in [3.8, 4) is 23.1 Å². The molecule has 0 atom stereocenters. The number of piperazine rings is 1. The average molecular weight is 387 g/mol. The minimum atomic E-state index is -0.0583. The summed E-state index contributed by atoms with van der Waals surface area (Å²) in [4.78, 5) is 16.9. The first kappa shape index (κ1) is 18.6. The number of methoxy groups -OCH3 is 1. The number of hydrogen-bond acceptors (Lipinski definition) is 5. The zero-order valence-electron chi connectivity index (χ0n) is 16.1. The fraction of sp³-hybridized carbons (Fsp3) is 0.227. The number of para-hydroxylation sites is 2. The standard InChI is InChI=1S/C22H21N5O2/c1-29-21-5-3-2-4-20(21)26-10-12-27(13-11-26)22(28)19-14-18(24-25-19)17-8-6-16(15-23)7-9-17/h2-9,14H,10-13H2,1H3,(H,24,25). The van der Waals surface area contributed by atoms with Crippen LogP contribution in [-0.4, -0.2) is 54.3 Å². The van der Waals surface area contributed by atoms with E-state index in [1.54, 1.807) is 25.3 Å². The van der Waals surface area contributed by atoms with Crippen molar-refractivity contribution in [3.05, 3.63) is 65.9 Å². The molecule has 7 heteroatoms. The predicted molar refractivity (Wildman–Crippen MR) is 110 cm³/mol. The minimum absolute atomic E-state index is 0.0583. The lowest BCUT2D eigenvalue weighted by atomic mass is 10.1. The van der Waals surface area contributed by atoms with Gasteiger partial charge in [0.1, 0.15) is 11.4 Å². The second-order valence-electron chi connectivity index (χ2n) is 6.81. The van der Waals surface area contributed by atoms with E-state index in [4.69, 9.17) is 10.00 Å². The number of aromatic nitrogens is 2. The first-order valence-electron chi connectivity index (χ1n) is 9.43. The van der Waals surface area contributed by atoms with E-state index in [0.29, 0.717) is 30.0 Å². The molecule has 1 aliphatic heterocycles. The Morgan fingerprint density at radius 3 is 2.52 bits per heavy atom. The summed E-state index contributed by atoms with van der Waals surface area (Å²) in [6, 6.07) is 18.9. The van der Waals surface area contributed by atoms with Gasteiger partial charge in [-0.2, -0.15) is 10.4 Å². The highest BCUT2D eigenvalue weighted by atomic mass is 16.5. The number of carbonyl (C=O) groups excluding carboxylic acids is 1. The first-order chi connectivity index (χ1) is 14.2. The number of H-pyrrole nitrogens is 1. The fourth-order valence-electron chi connectivity index (χ4n) is 3.51.